The maximum Gasteiger partial charge on any atom is 0.410 e. The number of hydrogen-bond acceptors (Lipinski definition) is 20. The number of piperazine rings is 3. The first-order valence-corrected chi connectivity index (χ1v) is 33.4. The zero-order chi connectivity index (χ0) is 69.8. The molecule has 5 N–H and O–H groups in total. The highest BCUT2D eigenvalue weighted by Gasteiger charge is 2.32. The molecule has 0 bridgehead atoms. The van der Waals surface area contributed by atoms with E-state index in [1.54, 1.807) is 51.1 Å². The van der Waals surface area contributed by atoms with Gasteiger partial charge in [0.1, 0.15) is 35.2 Å². The Morgan fingerprint density at radius 2 is 0.863 bits per heavy atom. The van der Waals surface area contributed by atoms with E-state index in [9.17, 15) is 53.2 Å². The molecule has 0 atom stereocenters. The summed E-state index contributed by atoms with van der Waals surface area (Å²) in [5.74, 6) is 0.429. The van der Waals surface area contributed by atoms with E-state index in [4.69, 9.17) is 41.0 Å². The molecule has 29 heteroatoms. The van der Waals surface area contributed by atoms with Gasteiger partial charge in [-0.05, 0) is 126 Å². The fraction of sp³-hybridized carbons (Fsp3) is 0.409. The lowest BCUT2D eigenvalue weighted by Gasteiger charge is -2.37. The molecule has 514 valence electrons. The highest BCUT2D eigenvalue weighted by Crippen LogP contribution is 2.40. The second kappa shape index (κ2) is 33.8. The Bertz CT molecular complexity index is 3670. The Labute approximate surface area is 567 Å². The van der Waals surface area contributed by atoms with Crippen LogP contribution in [0.25, 0.3) is 0 Å². The van der Waals surface area contributed by atoms with Crippen molar-refractivity contribution in [2.45, 2.75) is 92.3 Å². The Morgan fingerprint density at radius 1 is 0.516 bits per heavy atom. The average molecular weight is 1420 g/mol. The Balaban J connectivity index is 0.000000204. The molecule has 3 heterocycles. The van der Waals surface area contributed by atoms with Crippen molar-refractivity contribution >= 4 is 95.6 Å². The molecule has 0 unspecified atom stereocenters. The van der Waals surface area contributed by atoms with E-state index in [2.05, 4.69) is 20.7 Å². The first kappa shape index (κ1) is 74.9. The number of ether oxygens (including phenoxy) is 5. The third kappa shape index (κ3) is 23.4. The van der Waals surface area contributed by atoms with Gasteiger partial charge in [-0.25, -0.2) is 22.8 Å². The molecule has 3 saturated heterocycles. The smallest absolute Gasteiger partial charge is 0.410 e. The van der Waals surface area contributed by atoms with Crippen LogP contribution in [0.15, 0.2) is 138 Å². The number of nitrogens with two attached hydrogens (primary N) is 1. The SMILES string of the molecule is CC(C)(C)OC(=O)N1CCN(c2cccc(N)c2O)CC1.CC(C)(C)OC(=O)N1CCN(c2cccc(NS(=O)(=O)CCl)c2O)CC1.CC(C)(C)OC(=O)N1CCN(c2cccc([N+](=O)[O-])c2OCc2ccccc2)CC1.O=[N+]([O-])c1cccc(Br)c1OCc1ccccc1. The Morgan fingerprint density at radius 3 is 1.26 bits per heavy atom. The minimum atomic E-state index is -3.71. The number of alkyl halides is 1. The lowest BCUT2D eigenvalue weighted by atomic mass is 10.2. The molecule has 6 aromatic carbocycles. The molecule has 0 spiro atoms. The van der Waals surface area contributed by atoms with Crippen molar-refractivity contribution in [3.05, 3.63) is 169 Å². The minimum Gasteiger partial charge on any atom is -0.504 e. The third-order valence-electron chi connectivity index (χ3n) is 14.1. The molecule has 0 aromatic heterocycles. The molecule has 26 nitrogen and oxygen atoms in total. The van der Waals surface area contributed by atoms with Gasteiger partial charge in [0, 0.05) is 90.7 Å². The van der Waals surface area contributed by atoms with Crippen LogP contribution in [0.1, 0.15) is 73.4 Å². The van der Waals surface area contributed by atoms with Crippen LogP contribution in [0, 0.1) is 20.2 Å². The number of hydrogen-bond donors (Lipinski definition) is 4. The second-order valence-corrected chi connectivity index (χ2v) is 28.0. The van der Waals surface area contributed by atoms with Gasteiger partial charge in [-0.15, -0.1) is 11.6 Å². The van der Waals surface area contributed by atoms with Crippen molar-refractivity contribution in [2.24, 2.45) is 0 Å². The van der Waals surface area contributed by atoms with Gasteiger partial charge in [-0.1, -0.05) is 84.9 Å². The number of phenolic OH excluding ortho intramolecular Hbond substituents is 2. The number of nitro groups is 2. The lowest BCUT2D eigenvalue weighted by molar-refractivity contribution is -0.386. The largest absolute Gasteiger partial charge is 0.504 e. The van der Waals surface area contributed by atoms with Crippen molar-refractivity contribution < 1.29 is 66.5 Å². The fourth-order valence-electron chi connectivity index (χ4n) is 9.53. The van der Waals surface area contributed by atoms with Crippen LogP contribution in [-0.4, -0.2) is 162 Å². The van der Waals surface area contributed by atoms with Crippen LogP contribution in [-0.2, 0) is 37.4 Å². The number of nitrogens with zero attached hydrogens (tertiary/aromatic N) is 8. The number of nitrogens with one attached hydrogen (secondary N) is 1. The van der Waals surface area contributed by atoms with Gasteiger partial charge in [0.15, 0.2) is 11.5 Å². The van der Waals surface area contributed by atoms with E-state index in [-0.39, 0.29) is 64.9 Å². The number of anilines is 5. The number of carbonyl (C=O) groups is 3. The van der Waals surface area contributed by atoms with Gasteiger partial charge in [-0.2, -0.15) is 0 Å². The number of carbonyl (C=O) groups excluding carboxylic acids is 3. The number of phenols is 2. The normalized spacial score (nSPS) is 14.3. The summed E-state index contributed by atoms with van der Waals surface area (Å²) in [7, 11) is -3.71. The highest BCUT2D eigenvalue weighted by atomic mass is 79.9. The van der Waals surface area contributed by atoms with Crippen molar-refractivity contribution in [3.8, 4) is 23.0 Å². The number of para-hydroxylation sites is 4. The van der Waals surface area contributed by atoms with Crippen molar-refractivity contribution in [3.63, 3.8) is 0 Å². The molecule has 3 amide bonds. The molecule has 3 aliphatic rings. The molecule has 3 aliphatic heterocycles. The van der Waals surface area contributed by atoms with Gasteiger partial charge in [0.2, 0.25) is 21.5 Å². The number of benzene rings is 6. The van der Waals surface area contributed by atoms with E-state index >= 15 is 0 Å². The summed E-state index contributed by atoms with van der Waals surface area (Å²) >= 11 is 8.64. The van der Waals surface area contributed by atoms with Crippen LogP contribution in [0.4, 0.5) is 54.2 Å². The summed E-state index contributed by atoms with van der Waals surface area (Å²) < 4.78 is 53.7. The molecule has 95 heavy (non-hydrogen) atoms. The predicted octanol–water partition coefficient (Wildman–Crippen LogP) is 12.6. The summed E-state index contributed by atoms with van der Waals surface area (Å²) in [5, 5.41) is 42.3. The van der Waals surface area contributed by atoms with E-state index < -0.39 is 41.9 Å². The lowest BCUT2D eigenvalue weighted by Crippen LogP contribution is -2.50. The number of amides is 3. The molecular formula is C66H84BrClN10O16S. The monoisotopic (exact) mass is 1420 g/mol. The molecule has 3 fully saturated rings. The third-order valence-corrected chi connectivity index (χ3v) is 16.4. The van der Waals surface area contributed by atoms with E-state index in [0.717, 1.165) is 11.1 Å². The first-order chi connectivity index (χ1) is 44.7. The number of nitro benzene ring substituents is 2. The molecule has 9 rings (SSSR count). The fourth-order valence-corrected chi connectivity index (χ4v) is 10.7. The Kier molecular flexibility index (Phi) is 26.6. The molecule has 0 radical (unpaired) electrons. The summed E-state index contributed by atoms with van der Waals surface area (Å²) in [6.07, 6.45) is -1.01. The number of sulfonamides is 1. The molecule has 0 saturated carbocycles. The van der Waals surface area contributed by atoms with Gasteiger partial charge in [0.25, 0.3) is 0 Å². The van der Waals surface area contributed by atoms with Crippen molar-refractivity contribution in [1.82, 2.24) is 14.7 Å². The van der Waals surface area contributed by atoms with Crippen LogP contribution in [0.2, 0.25) is 0 Å². The molecular weight excluding hydrogens is 1340 g/mol. The number of halogens is 2. The van der Waals surface area contributed by atoms with Gasteiger partial charge >= 0.3 is 29.7 Å². The number of rotatable bonds is 14. The Hall–Kier alpha value is -9.15. The summed E-state index contributed by atoms with van der Waals surface area (Å²) in [5.41, 5.74) is 8.18. The molecule has 0 aliphatic carbocycles. The number of nitrogen functional groups attached to an aromatic ring is 1. The maximum atomic E-state index is 12.3. The number of aromatic hydroxyl groups is 2. The topological polar surface area (TPSA) is 316 Å². The molecule has 6 aromatic rings. The van der Waals surface area contributed by atoms with Crippen molar-refractivity contribution in [2.75, 3.05) is 109 Å². The van der Waals surface area contributed by atoms with E-state index in [0.29, 0.717) is 112 Å². The van der Waals surface area contributed by atoms with Gasteiger partial charge in [0.05, 0.1) is 42.8 Å². The zero-order valence-corrected chi connectivity index (χ0v) is 57.9. The predicted molar refractivity (Wildman–Crippen MR) is 369 cm³/mol. The minimum absolute atomic E-state index is 0.0414. The van der Waals surface area contributed by atoms with Crippen molar-refractivity contribution in [1.29, 1.82) is 0 Å². The summed E-state index contributed by atoms with van der Waals surface area (Å²) in [6.45, 7) is 23.3. The summed E-state index contributed by atoms with van der Waals surface area (Å²) in [4.78, 5) is 68.9. The van der Waals surface area contributed by atoms with Gasteiger partial charge < -0.3 is 69.0 Å². The van der Waals surface area contributed by atoms with Crippen LogP contribution in [0.5, 0.6) is 23.0 Å². The van der Waals surface area contributed by atoms with Crippen LogP contribution < -0.4 is 34.6 Å². The van der Waals surface area contributed by atoms with E-state index in [1.807, 2.05) is 156 Å². The first-order valence-electron chi connectivity index (χ1n) is 30.4. The van der Waals surface area contributed by atoms with Crippen LogP contribution >= 0.6 is 27.5 Å². The van der Waals surface area contributed by atoms with Crippen LogP contribution in [0.3, 0.4) is 0 Å². The zero-order valence-electron chi connectivity index (χ0n) is 54.7. The van der Waals surface area contributed by atoms with Gasteiger partial charge in [-0.3, -0.25) is 25.0 Å². The standard InChI is InChI=1S/C22H27N3O5.C16H24ClN3O5S.C15H23N3O3.C13H10BrNO3/c1-22(2,3)30-21(26)24-14-12-23(13-15-24)18-10-7-11-19(25(27)28)20(18)29-16-17-8-5-4-6-9-17;1-16(2,3)25-15(22)20-9-7-19(8-10-20)13-6-4-5-12(14(13)21)18-26(23,24)11-17;1-15(2,3)21-14(20)18-9-7-17(8-10-18)12-6-4-5-11(16)13(12)19;14-11-7-4-8-12(15(16)17)13(11)18-9-10-5-2-1-3-6-10/h4-11H,12-16H2,1-3H3;4-6,18,21H,7-11H2,1-3H3;4-6,19H,7-10,16H2,1-3H3;1-8H,9H2. The average Bonchev–Trinajstić information content (AvgIpc) is 0.885. The maximum absolute atomic E-state index is 12.3. The second-order valence-electron chi connectivity index (χ2n) is 24.9. The quantitative estimate of drug-likeness (QED) is 0.0197. The highest BCUT2D eigenvalue weighted by molar-refractivity contribution is 9.10. The summed E-state index contributed by atoms with van der Waals surface area (Å²) in [6, 6.07) is 38.8. The van der Waals surface area contributed by atoms with E-state index in [1.165, 1.54) is 18.2 Å².